The number of nitrogens with one attached hydrogen (secondary N) is 1. The third kappa shape index (κ3) is 7.27. The van der Waals surface area contributed by atoms with Gasteiger partial charge in [-0.3, -0.25) is 9.88 Å². The van der Waals surface area contributed by atoms with Crippen molar-refractivity contribution in [3.05, 3.63) is 12.8 Å². The Labute approximate surface area is 69.4 Å². The molecule has 0 saturated carbocycles. The lowest BCUT2D eigenvalue weighted by molar-refractivity contribution is 0.155. The van der Waals surface area contributed by atoms with Crippen LogP contribution in [0.4, 0.5) is 4.79 Å². The average molecular weight is 195 g/mol. The number of amides is 1. The van der Waals surface area contributed by atoms with Crippen LogP contribution in [-0.2, 0) is 9.30 Å². The van der Waals surface area contributed by atoms with Crippen LogP contribution < -0.4 is 5.32 Å². The van der Waals surface area contributed by atoms with Gasteiger partial charge in [0.1, 0.15) is 6.61 Å². The third-order valence-electron chi connectivity index (χ3n) is 0.836. The van der Waals surface area contributed by atoms with E-state index in [4.69, 9.17) is 9.79 Å². The topological polar surface area (TPSA) is 95.9 Å². The van der Waals surface area contributed by atoms with E-state index in [0.29, 0.717) is 0 Å². The normalized spacial score (nSPS) is 10.5. The van der Waals surface area contributed by atoms with E-state index in [2.05, 4.69) is 16.6 Å². The molecule has 0 spiro atoms. The van der Waals surface area contributed by atoms with Crippen LogP contribution >= 0.6 is 7.60 Å². The maximum Gasteiger partial charge on any atom is 0.411 e. The first kappa shape index (κ1) is 11.2. The van der Waals surface area contributed by atoms with Crippen LogP contribution in [0.3, 0.4) is 0 Å². The summed E-state index contributed by atoms with van der Waals surface area (Å²) in [5.41, 5.74) is 0. The van der Waals surface area contributed by atoms with E-state index in [0.717, 1.165) is 6.20 Å². The summed E-state index contributed by atoms with van der Waals surface area (Å²) in [5.74, 6) is 0. The standard InChI is InChI=1S/C5H10NO5P/c1-2-6-5(7)11-3-4-12(8,9)10/h2H,1,3-4H2,(H,6,7)(H2,8,9,10). The summed E-state index contributed by atoms with van der Waals surface area (Å²) in [5, 5.41) is 2.08. The highest BCUT2D eigenvalue weighted by atomic mass is 31.2. The first-order valence-electron chi connectivity index (χ1n) is 3.04. The van der Waals surface area contributed by atoms with Crippen LogP contribution in [0.1, 0.15) is 0 Å². The van der Waals surface area contributed by atoms with Crippen LogP contribution in [0.2, 0.25) is 0 Å². The van der Waals surface area contributed by atoms with E-state index in [1.54, 1.807) is 0 Å². The fraction of sp³-hybridized carbons (Fsp3) is 0.400. The number of rotatable bonds is 4. The molecule has 0 atom stereocenters. The van der Waals surface area contributed by atoms with Crippen molar-refractivity contribution in [2.45, 2.75) is 0 Å². The molecular formula is C5H10NO5P. The van der Waals surface area contributed by atoms with Crippen LogP contribution in [0, 0.1) is 0 Å². The predicted octanol–water partition coefficient (Wildman–Crippen LogP) is 0.0338. The minimum absolute atomic E-state index is 0.316. The predicted molar refractivity (Wildman–Crippen MR) is 41.6 cm³/mol. The molecule has 0 rings (SSSR count). The number of hydrogen-bond donors (Lipinski definition) is 3. The van der Waals surface area contributed by atoms with Crippen molar-refractivity contribution in [3.63, 3.8) is 0 Å². The molecule has 1 amide bonds. The number of hydrogen-bond acceptors (Lipinski definition) is 3. The van der Waals surface area contributed by atoms with E-state index in [-0.39, 0.29) is 6.61 Å². The molecule has 0 radical (unpaired) electrons. The highest BCUT2D eigenvalue weighted by Gasteiger charge is 2.13. The molecule has 7 heteroatoms. The highest BCUT2D eigenvalue weighted by molar-refractivity contribution is 7.51. The Morgan fingerprint density at radius 1 is 1.67 bits per heavy atom. The molecule has 0 aromatic carbocycles. The summed E-state index contributed by atoms with van der Waals surface area (Å²) in [7, 11) is -4.07. The van der Waals surface area contributed by atoms with Gasteiger partial charge in [0.25, 0.3) is 0 Å². The van der Waals surface area contributed by atoms with Crippen LogP contribution in [0.15, 0.2) is 12.8 Å². The molecule has 0 aliphatic rings. The van der Waals surface area contributed by atoms with Crippen molar-refractivity contribution in [3.8, 4) is 0 Å². The smallest absolute Gasteiger partial charge is 0.411 e. The quantitative estimate of drug-likeness (QED) is 0.550. The van der Waals surface area contributed by atoms with Gasteiger partial charge in [-0.2, -0.15) is 0 Å². The van der Waals surface area contributed by atoms with Crippen LogP contribution in [0.25, 0.3) is 0 Å². The van der Waals surface area contributed by atoms with Gasteiger partial charge in [-0.05, 0) is 6.20 Å². The zero-order valence-corrected chi connectivity index (χ0v) is 7.16. The molecule has 0 aromatic rings. The Bertz CT molecular complexity index is 210. The second kappa shape index (κ2) is 4.92. The summed E-state index contributed by atoms with van der Waals surface area (Å²) >= 11 is 0. The lowest BCUT2D eigenvalue weighted by atomic mass is 10.8. The van der Waals surface area contributed by atoms with Gasteiger partial charge in [-0.25, -0.2) is 4.79 Å². The number of carbonyl (C=O) groups is 1. The van der Waals surface area contributed by atoms with E-state index >= 15 is 0 Å². The van der Waals surface area contributed by atoms with Gasteiger partial charge in [0.15, 0.2) is 0 Å². The first-order valence-corrected chi connectivity index (χ1v) is 4.84. The van der Waals surface area contributed by atoms with Crippen molar-refractivity contribution < 1.29 is 23.9 Å². The monoisotopic (exact) mass is 195 g/mol. The van der Waals surface area contributed by atoms with Crippen LogP contribution in [0.5, 0.6) is 0 Å². The second-order valence-corrected chi connectivity index (χ2v) is 3.65. The van der Waals surface area contributed by atoms with Crippen molar-refractivity contribution >= 4 is 13.7 Å². The zero-order valence-electron chi connectivity index (χ0n) is 6.27. The van der Waals surface area contributed by atoms with Gasteiger partial charge >= 0.3 is 13.7 Å². The number of ether oxygens (including phenoxy) is 1. The fourth-order valence-corrected chi connectivity index (χ4v) is 0.711. The summed E-state index contributed by atoms with van der Waals surface area (Å²) in [4.78, 5) is 27.2. The maximum absolute atomic E-state index is 10.5. The van der Waals surface area contributed by atoms with Gasteiger partial charge in [0.2, 0.25) is 0 Å². The zero-order chi connectivity index (χ0) is 9.61. The van der Waals surface area contributed by atoms with Gasteiger partial charge in [-0.15, -0.1) is 0 Å². The lowest BCUT2D eigenvalue weighted by Gasteiger charge is -2.04. The molecular weight excluding hydrogens is 185 g/mol. The summed E-state index contributed by atoms with van der Waals surface area (Å²) in [6.45, 7) is 2.88. The van der Waals surface area contributed by atoms with Crippen molar-refractivity contribution in [1.82, 2.24) is 5.32 Å². The number of carbonyl (C=O) groups excluding carboxylic acids is 1. The van der Waals surface area contributed by atoms with Gasteiger partial charge in [0.05, 0.1) is 6.16 Å². The molecule has 6 nitrogen and oxygen atoms in total. The van der Waals surface area contributed by atoms with Crippen LogP contribution in [-0.4, -0.2) is 28.6 Å². The molecule has 0 aliphatic heterocycles. The Morgan fingerprint density at radius 2 is 2.25 bits per heavy atom. The summed E-state index contributed by atoms with van der Waals surface area (Å²) < 4.78 is 14.6. The second-order valence-electron chi connectivity index (χ2n) is 1.87. The molecule has 70 valence electrons. The first-order chi connectivity index (χ1) is 5.45. The summed E-state index contributed by atoms with van der Waals surface area (Å²) in [6, 6.07) is 0. The minimum atomic E-state index is -4.07. The molecule has 0 bridgehead atoms. The van der Waals surface area contributed by atoms with E-state index in [9.17, 15) is 9.36 Å². The Balaban J connectivity index is 3.50. The third-order valence-corrected chi connectivity index (χ3v) is 1.60. The molecule has 0 unspecified atom stereocenters. The van der Waals surface area contributed by atoms with E-state index < -0.39 is 19.9 Å². The molecule has 12 heavy (non-hydrogen) atoms. The van der Waals surface area contributed by atoms with Gasteiger partial charge in [0, 0.05) is 0 Å². The van der Waals surface area contributed by atoms with Crippen molar-refractivity contribution in [2.75, 3.05) is 12.8 Å². The Hall–Kier alpha value is -0.840. The molecule has 0 aromatic heterocycles. The molecule has 0 aliphatic carbocycles. The average Bonchev–Trinajstić information content (AvgIpc) is 1.84. The highest BCUT2D eigenvalue weighted by Crippen LogP contribution is 2.33. The maximum atomic E-state index is 10.5. The van der Waals surface area contributed by atoms with Crippen molar-refractivity contribution in [1.29, 1.82) is 0 Å². The molecule has 0 fully saturated rings. The largest absolute Gasteiger partial charge is 0.449 e. The van der Waals surface area contributed by atoms with Gasteiger partial charge < -0.3 is 14.5 Å². The Morgan fingerprint density at radius 3 is 2.67 bits per heavy atom. The van der Waals surface area contributed by atoms with Gasteiger partial charge in [-0.1, -0.05) is 6.58 Å². The minimum Gasteiger partial charge on any atom is -0.449 e. The molecule has 3 N–H and O–H groups in total. The van der Waals surface area contributed by atoms with E-state index in [1.807, 2.05) is 0 Å². The molecule has 0 heterocycles. The summed E-state index contributed by atoms with van der Waals surface area (Å²) in [6.07, 6.45) is -0.143. The number of alkyl carbamates (subject to hydrolysis) is 1. The van der Waals surface area contributed by atoms with E-state index in [1.165, 1.54) is 0 Å². The fourth-order valence-electron chi connectivity index (χ4n) is 0.382. The van der Waals surface area contributed by atoms with Crippen molar-refractivity contribution in [2.24, 2.45) is 0 Å². The Kier molecular flexibility index (Phi) is 4.58. The SMILES string of the molecule is C=CNC(=O)OCCP(=O)(O)O. The lowest BCUT2D eigenvalue weighted by Crippen LogP contribution is -2.19. The molecule has 0 saturated heterocycles.